The third kappa shape index (κ3) is 4.27. The topological polar surface area (TPSA) is 35.2 Å². The zero-order valence-electron chi connectivity index (χ0n) is 10.3. The molecule has 0 heterocycles. The zero-order chi connectivity index (χ0) is 13.7. The SMILES string of the molecule is CC(C)C(=Cc1cc(Cl)ccc1OC(F)F)CN. The maximum atomic E-state index is 12.3. The minimum Gasteiger partial charge on any atom is -0.434 e. The summed E-state index contributed by atoms with van der Waals surface area (Å²) in [5, 5.41) is 0.461. The predicted molar refractivity (Wildman–Crippen MR) is 70.0 cm³/mol. The van der Waals surface area contributed by atoms with Crippen molar-refractivity contribution >= 4 is 17.7 Å². The van der Waals surface area contributed by atoms with Crippen LogP contribution in [0.4, 0.5) is 8.78 Å². The van der Waals surface area contributed by atoms with Crippen LogP contribution in [-0.2, 0) is 0 Å². The Morgan fingerprint density at radius 3 is 2.61 bits per heavy atom. The summed E-state index contributed by atoms with van der Waals surface area (Å²) >= 11 is 5.86. The van der Waals surface area contributed by atoms with E-state index in [-0.39, 0.29) is 11.7 Å². The summed E-state index contributed by atoms with van der Waals surface area (Å²) in [5.41, 5.74) is 7.07. The van der Waals surface area contributed by atoms with Crippen molar-refractivity contribution in [1.82, 2.24) is 0 Å². The van der Waals surface area contributed by atoms with Crippen LogP contribution in [0.15, 0.2) is 23.8 Å². The molecular formula is C13H16ClF2NO. The Morgan fingerprint density at radius 1 is 1.44 bits per heavy atom. The number of hydrogen-bond acceptors (Lipinski definition) is 2. The Labute approximate surface area is 110 Å². The van der Waals surface area contributed by atoms with Gasteiger partial charge in [-0.3, -0.25) is 0 Å². The summed E-state index contributed by atoms with van der Waals surface area (Å²) in [7, 11) is 0. The molecule has 0 radical (unpaired) electrons. The molecule has 0 unspecified atom stereocenters. The van der Waals surface area contributed by atoms with E-state index in [2.05, 4.69) is 4.74 Å². The molecule has 0 saturated carbocycles. The van der Waals surface area contributed by atoms with Gasteiger partial charge in [-0.05, 0) is 24.1 Å². The van der Waals surface area contributed by atoms with Crippen molar-refractivity contribution in [2.24, 2.45) is 11.7 Å². The number of alkyl halides is 2. The van der Waals surface area contributed by atoms with Gasteiger partial charge < -0.3 is 10.5 Å². The van der Waals surface area contributed by atoms with E-state index < -0.39 is 6.61 Å². The van der Waals surface area contributed by atoms with E-state index in [9.17, 15) is 8.78 Å². The molecule has 2 nitrogen and oxygen atoms in total. The first-order valence-electron chi connectivity index (χ1n) is 5.59. The molecule has 1 aromatic rings. The van der Waals surface area contributed by atoms with E-state index in [0.29, 0.717) is 17.1 Å². The Bertz CT molecular complexity index is 433. The summed E-state index contributed by atoms with van der Waals surface area (Å²) in [6.45, 7) is 1.46. The lowest BCUT2D eigenvalue weighted by Gasteiger charge is -2.12. The smallest absolute Gasteiger partial charge is 0.387 e. The van der Waals surface area contributed by atoms with Gasteiger partial charge in [0.1, 0.15) is 5.75 Å². The minimum absolute atomic E-state index is 0.0981. The van der Waals surface area contributed by atoms with Gasteiger partial charge in [-0.15, -0.1) is 0 Å². The highest BCUT2D eigenvalue weighted by Gasteiger charge is 2.10. The predicted octanol–water partition coefficient (Wildman–Crippen LogP) is 3.94. The fraction of sp³-hybridized carbons (Fsp3) is 0.385. The van der Waals surface area contributed by atoms with Crippen LogP contribution in [0.2, 0.25) is 5.02 Å². The van der Waals surface area contributed by atoms with Crippen LogP contribution >= 0.6 is 11.6 Å². The monoisotopic (exact) mass is 275 g/mol. The van der Waals surface area contributed by atoms with Crippen LogP contribution in [0.25, 0.3) is 6.08 Å². The molecule has 1 aromatic carbocycles. The Kier molecular flexibility index (Phi) is 5.56. The van der Waals surface area contributed by atoms with Crippen molar-refractivity contribution in [3.05, 3.63) is 34.4 Å². The van der Waals surface area contributed by atoms with Crippen molar-refractivity contribution in [3.8, 4) is 5.75 Å². The highest BCUT2D eigenvalue weighted by molar-refractivity contribution is 6.30. The second kappa shape index (κ2) is 6.71. The summed E-state index contributed by atoms with van der Waals surface area (Å²) in [4.78, 5) is 0. The highest BCUT2D eigenvalue weighted by atomic mass is 35.5. The largest absolute Gasteiger partial charge is 0.434 e. The Balaban J connectivity index is 3.16. The molecule has 0 spiro atoms. The van der Waals surface area contributed by atoms with Gasteiger partial charge >= 0.3 is 6.61 Å². The quantitative estimate of drug-likeness (QED) is 0.883. The second-order valence-electron chi connectivity index (χ2n) is 4.14. The molecule has 0 saturated heterocycles. The van der Waals surface area contributed by atoms with E-state index in [0.717, 1.165) is 5.57 Å². The number of rotatable bonds is 5. The van der Waals surface area contributed by atoms with Gasteiger partial charge in [0.2, 0.25) is 0 Å². The molecule has 0 aliphatic carbocycles. The average molecular weight is 276 g/mol. The zero-order valence-corrected chi connectivity index (χ0v) is 11.0. The van der Waals surface area contributed by atoms with Crippen molar-refractivity contribution in [2.75, 3.05) is 6.54 Å². The van der Waals surface area contributed by atoms with Crippen LogP contribution in [0.3, 0.4) is 0 Å². The van der Waals surface area contributed by atoms with Crippen LogP contribution in [0.1, 0.15) is 19.4 Å². The molecule has 1 rings (SSSR count). The van der Waals surface area contributed by atoms with Crippen LogP contribution in [-0.4, -0.2) is 13.2 Å². The van der Waals surface area contributed by atoms with E-state index in [4.69, 9.17) is 17.3 Å². The third-order valence-electron chi connectivity index (χ3n) is 2.51. The van der Waals surface area contributed by atoms with Gasteiger partial charge in [-0.2, -0.15) is 8.78 Å². The number of ether oxygens (including phenoxy) is 1. The molecule has 0 bridgehead atoms. The van der Waals surface area contributed by atoms with Gasteiger partial charge in [0, 0.05) is 17.1 Å². The van der Waals surface area contributed by atoms with Gasteiger partial charge in [0.15, 0.2) is 0 Å². The van der Waals surface area contributed by atoms with Crippen LogP contribution < -0.4 is 10.5 Å². The molecule has 5 heteroatoms. The highest BCUT2D eigenvalue weighted by Crippen LogP contribution is 2.27. The Morgan fingerprint density at radius 2 is 2.11 bits per heavy atom. The van der Waals surface area contributed by atoms with E-state index in [1.165, 1.54) is 12.1 Å². The molecular weight excluding hydrogens is 260 g/mol. The van der Waals surface area contributed by atoms with Crippen molar-refractivity contribution in [1.29, 1.82) is 0 Å². The van der Waals surface area contributed by atoms with Crippen LogP contribution in [0.5, 0.6) is 5.75 Å². The van der Waals surface area contributed by atoms with Crippen molar-refractivity contribution in [3.63, 3.8) is 0 Å². The van der Waals surface area contributed by atoms with Gasteiger partial charge in [0.05, 0.1) is 0 Å². The summed E-state index contributed by atoms with van der Waals surface area (Å²) in [6.07, 6.45) is 1.74. The first kappa shape index (κ1) is 14.9. The molecule has 0 amide bonds. The maximum absolute atomic E-state index is 12.3. The van der Waals surface area contributed by atoms with Gasteiger partial charge in [-0.1, -0.05) is 37.1 Å². The fourth-order valence-electron chi connectivity index (χ4n) is 1.50. The van der Waals surface area contributed by atoms with Crippen LogP contribution in [0, 0.1) is 5.92 Å². The first-order chi connectivity index (χ1) is 8.43. The molecule has 0 aromatic heterocycles. The van der Waals surface area contributed by atoms with E-state index in [1.54, 1.807) is 12.1 Å². The molecule has 0 fully saturated rings. The lowest BCUT2D eigenvalue weighted by molar-refractivity contribution is -0.0499. The average Bonchev–Trinajstić information content (AvgIpc) is 2.28. The number of benzene rings is 1. The Hall–Kier alpha value is -1.13. The lowest BCUT2D eigenvalue weighted by atomic mass is 10.00. The molecule has 18 heavy (non-hydrogen) atoms. The summed E-state index contributed by atoms with van der Waals surface area (Å²) in [5.74, 6) is 0.328. The second-order valence-corrected chi connectivity index (χ2v) is 4.58. The van der Waals surface area contributed by atoms with E-state index >= 15 is 0 Å². The molecule has 0 atom stereocenters. The summed E-state index contributed by atoms with van der Waals surface area (Å²) in [6, 6.07) is 4.51. The first-order valence-corrected chi connectivity index (χ1v) is 5.96. The lowest BCUT2D eigenvalue weighted by Crippen LogP contribution is -2.09. The van der Waals surface area contributed by atoms with Gasteiger partial charge in [-0.25, -0.2) is 0 Å². The normalized spacial score (nSPS) is 12.3. The summed E-state index contributed by atoms with van der Waals surface area (Å²) < 4.78 is 29.0. The number of nitrogens with two attached hydrogens (primary N) is 1. The standard InChI is InChI=1S/C13H16ClF2NO/c1-8(2)10(7-17)5-9-6-11(14)3-4-12(9)18-13(15)16/h3-6,8,13H,7,17H2,1-2H3. The number of halogens is 3. The maximum Gasteiger partial charge on any atom is 0.387 e. The molecule has 0 aliphatic rings. The third-order valence-corrected chi connectivity index (χ3v) is 2.74. The minimum atomic E-state index is -2.86. The molecule has 0 aliphatic heterocycles. The van der Waals surface area contributed by atoms with Crippen molar-refractivity contribution < 1.29 is 13.5 Å². The van der Waals surface area contributed by atoms with Crippen molar-refractivity contribution in [2.45, 2.75) is 20.5 Å². The fourth-order valence-corrected chi connectivity index (χ4v) is 1.68. The molecule has 2 N–H and O–H groups in total. The molecule has 100 valence electrons. The van der Waals surface area contributed by atoms with E-state index in [1.807, 2.05) is 13.8 Å². The van der Waals surface area contributed by atoms with Gasteiger partial charge in [0.25, 0.3) is 0 Å². The number of hydrogen-bond donors (Lipinski definition) is 1.